The minimum atomic E-state index is -0.861. The number of aromatic nitrogens is 4. The lowest BCUT2D eigenvalue weighted by atomic mass is 10.3. The highest BCUT2D eigenvalue weighted by molar-refractivity contribution is 5.74. The topological polar surface area (TPSA) is 111 Å². The monoisotopic (exact) mass is 415 g/mol. The highest BCUT2D eigenvalue weighted by Crippen LogP contribution is 2.20. The number of hydrogen-bond acceptors (Lipinski definition) is 6. The van der Waals surface area contributed by atoms with E-state index in [-0.39, 0.29) is 13.2 Å². The lowest BCUT2D eigenvalue weighted by Crippen LogP contribution is -2.89. The molecule has 30 heavy (non-hydrogen) atoms. The zero-order valence-corrected chi connectivity index (χ0v) is 17.2. The van der Waals surface area contributed by atoms with Gasteiger partial charge in [0.15, 0.2) is 11.2 Å². The summed E-state index contributed by atoms with van der Waals surface area (Å²) in [5.74, 6) is 1.26. The molecule has 0 spiro atoms. The van der Waals surface area contributed by atoms with Crippen molar-refractivity contribution in [3.63, 3.8) is 0 Å². The maximum Gasteiger partial charge on any atom is 0.332 e. The number of nitrogens with two attached hydrogens (primary N) is 1. The average molecular weight is 415 g/mol. The summed E-state index contributed by atoms with van der Waals surface area (Å²) in [6.45, 7) is 3.58. The number of nitrogens with zero attached hydrogens (tertiary/aromatic N) is 5. The van der Waals surface area contributed by atoms with Gasteiger partial charge in [0.05, 0.1) is 32.7 Å². The third kappa shape index (κ3) is 3.71. The van der Waals surface area contributed by atoms with E-state index in [4.69, 9.17) is 4.74 Å². The number of anilines is 1. The molecule has 4 rings (SSSR count). The summed E-state index contributed by atoms with van der Waals surface area (Å²) in [6, 6.07) is 9.26. The molecule has 160 valence electrons. The van der Waals surface area contributed by atoms with E-state index in [2.05, 4.69) is 15.2 Å². The third-order valence-corrected chi connectivity index (χ3v) is 5.40. The quantitative estimate of drug-likeness (QED) is 0.494. The average Bonchev–Trinajstić information content (AvgIpc) is 3.15. The molecule has 1 saturated heterocycles. The van der Waals surface area contributed by atoms with E-state index in [9.17, 15) is 14.7 Å². The minimum Gasteiger partial charge on any atom is -0.491 e. The largest absolute Gasteiger partial charge is 0.491 e. The Morgan fingerprint density at radius 2 is 1.83 bits per heavy atom. The van der Waals surface area contributed by atoms with Crippen molar-refractivity contribution in [3.05, 3.63) is 51.2 Å². The molecule has 10 heteroatoms. The Labute approximate surface area is 172 Å². The van der Waals surface area contributed by atoms with Crippen LogP contribution in [0.2, 0.25) is 0 Å². The lowest BCUT2D eigenvalue weighted by molar-refractivity contribution is -0.655. The normalized spacial score (nSPS) is 15.5. The van der Waals surface area contributed by atoms with Gasteiger partial charge in [-0.15, -0.1) is 0 Å². The second kappa shape index (κ2) is 8.33. The fourth-order valence-corrected chi connectivity index (χ4v) is 3.77. The van der Waals surface area contributed by atoms with Gasteiger partial charge in [0.25, 0.3) is 5.56 Å². The van der Waals surface area contributed by atoms with Crippen LogP contribution in [0.25, 0.3) is 11.2 Å². The van der Waals surface area contributed by atoms with Gasteiger partial charge in [-0.1, -0.05) is 18.2 Å². The number of piperazine rings is 1. The van der Waals surface area contributed by atoms with Gasteiger partial charge in [0, 0.05) is 14.1 Å². The number of imidazole rings is 1. The molecule has 10 nitrogen and oxygen atoms in total. The Bertz CT molecular complexity index is 1140. The number of ether oxygens (including phenoxy) is 1. The summed E-state index contributed by atoms with van der Waals surface area (Å²) in [4.78, 5) is 32.0. The number of aliphatic hydroxyl groups excluding tert-OH is 1. The Morgan fingerprint density at radius 3 is 2.53 bits per heavy atom. The van der Waals surface area contributed by atoms with E-state index < -0.39 is 17.4 Å². The van der Waals surface area contributed by atoms with Crippen LogP contribution in [0.4, 0.5) is 5.95 Å². The molecule has 1 aromatic carbocycles. The Balaban J connectivity index is 1.72. The molecular weight excluding hydrogens is 388 g/mol. The maximum atomic E-state index is 12.9. The molecule has 0 bridgehead atoms. The predicted octanol–water partition coefficient (Wildman–Crippen LogP) is -1.74. The van der Waals surface area contributed by atoms with Gasteiger partial charge < -0.3 is 24.6 Å². The van der Waals surface area contributed by atoms with Crippen LogP contribution in [-0.4, -0.2) is 62.7 Å². The molecule has 1 fully saturated rings. The van der Waals surface area contributed by atoms with Gasteiger partial charge in [-0.05, 0) is 12.1 Å². The summed E-state index contributed by atoms with van der Waals surface area (Å²) < 4.78 is 9.84. The third-order valence-electron chi connectivity index (χ3n) is 5.40. The Morgan fingerprint density at radius 1 is 1.13 bits per heavy atom. The van der Waals surface area contributed by atoms with Gasteiger partial charge >= 0.3 is 5.69 Å². The second-order valence-electron chi connectivity index (χ2n) is 7.53. The number of hydrogen-bond donors (Lipinski definition) is 2. The lowest BCUT2D eigenvalue weighted by Gasteiger charge is -2.27. The van der Waals surface area contributed by atoms with Crippen LogP contribution in [0.3, 0.4) is 0 Å². The molecule has 2 aromatic heterocycles. The molecule has 0 unspecified atom stereocenters. The van der Waals surface area contributed by atoms with Crippen LogP contribution in [0, 0.1) is 0 Å². The van der Waals surface area contributed by atoms with Crippen molar-refractivity contribution >= 4 is 17.1 Å². The standard InChI is InChI=1S/C20H26N6O4/c1-23-17-16(18(28)24(2)20(23)29)26(19(22-17)25-10-8-21-9-11-25)12-14(27)13-30-15-6-4-3-5-7-15/h3-7,14,21,27H,8-13H2,1-2H3/p+1/t14-/m0/s1. The van der Waals surface area contributed by atoms with Crippen LogP contribution in [0.1, 0.15) is 0 Å². The zero-order valence-electron chi connectivity index (χ0n) is 17.2. The summed E-state index contributed by atoms with van der Waals surface area (Å²) in [5.41, 5.74) is -0.220. The molecule has 0 radical (unpaired) electrons. The Kier molecular flexibility index (Phi) is 5.60. The number of aliphatic hydroxyl groups is 1. The van der Waals surface area contributed by atoms with Crippen LogP contribution in [-0.2, 0) is 20.6 Å². The first-order valence-corrected chi connectivity index (χ1v) is 10.1. The van der Waals surface area contributed by atoms with Crippen LogP contribution < -0.4 is 26.2 Å². The first-order valence-electron chi connectivity index (χ1n) is 10.1. The maximum absolute atomic E-state index is 12.9. The Hall–Kier alpha value is -3.11. The van der Waals surface area contributed by atoms with Crippen LogP contribution in [0.15, 0.2) is 39.9 Å². The van der Waals surface area contributed by atoms with E-state index in [0.29, 0.717) is 22.9 Å². The highest BCUT2D eigenvalue weighted by atomic mass is 16.5. The van der Waals surface area contributed by atoms with Gasteiger partial charge in [-0.3, -0.25) is 13.9 Å². The van der Waals surface area contributed by atoms with Gasteiger partial charge in [0.2, 0.25) is 5.95 Å². The number of fused-ring (bicyclic) bond motifs is 1. The van der Waals surface area contributed by atoms with Crippen molar-refractivity contribution < 1.29 is 15.2 Å². The first-order chi connectivity index (χ1) is 14.5. The highest BCUT2D eigenvalue weighted by Gasteiger charge is 2.25. The summed E-state index contributed by atoms with van der Waals surface area (Å²) >= 11 is 0. The van der Waals surface area contributed by atoms with E-state index in [0.717, 1.165) is 30.7 Å². The van der Waals surface area contributed by atoms with Crippen molar-refractivity contribution in [2.75, 3.05) is 37.7 Å². The molecule has 3 heterocycles. The number of rotatable bonds is 6. The molecule has 1 aliphatic heterocycles. The van der Waals surface area contributed by atoms with Crippen molar-refractivity contribution in [3.8, 4) is 5.75 Å². The van der Waals surface area contributed by atoms with E-state index in [1.807, 2.05) is 30.3 Å². The van der Waals surface area contributed by atoms with E-state index in [1.54, 1.807) is 11.6 Å². The van der Waals surface area contributed by atoms with Crippen molar-refractivity contribution in [1.29, 1.82) is 0 Å². The summed E-state index contributed by atoms with van der Waals surface area (Å²) in [5, 5.41) is 12.9. The smallest absolute Gasteiger partial charge is 0.332 e. The van der Waals surface area contributed by atoms with Crippen LogP contribution in [0.5, 0.6) is 5.75 Å². The number of para-hydroxylation sites is 1. The number of aryl methyl sites for hydroxylation is 1. The second-order valence-corrected chi connectivity index (χ2v) is 7.53. The predicted molar refractivity (Wildman–Crippen MR) is 112 cm³/mol. The van der Waals surface area contributed by atoms with Crippen molar-refractivity contribution in [1.82, 2.24) is 18.7 Å². The molecular formula is C20H27N6O4+. The minimum absolute atomic E-state index is 0.0724. The van der Waals surface area contributed by atoms with Gasteiger partial charge in [0.1, 0.15) is 18.5 Å². The van der Waals surface area contributed by atoms with Crippen molar-refractivity contribution in [2.24, 2.45) is 14.1 Å². The molecule has 1 aliphatic rings. The molecule has 3 aromatic rings. The number of benzene rings is 1. The molecule has 0 amide bonds. The summed E-state index contributed by atoms with van der Waals surface area (Å²) in [7, 11) is 3.05. The van der Waals surface area contributed by atoms with Gasteiger partial charge in [-0.25, -0.2) is 4.79 Å². The molecule has 0 aliphatic carbocycles. The van der Waals surface area contributed by atoms with Crippen LogP contribution >= 0.6 is 0 Å². The zero-order chi connectivity index (χ0) is 21.3. The molecule has 0 saturated carbocycles. The van der Waals surface area contributed by atoms with Crippen molar-refractivity contribution in [2.45, 2.75) is 12.6 Å². The summed E-state index contributed by atoms with van der Waals surface area (Å²) in [6.07, 6.45) is -0.861. The van der Waals surface area contributed by atoms with E-state index in [1.165, 1.54) is 11.6 Å². The SMILES string of the molecule is Cn1c(=O)c2c(nc(N3CC[NH2+]CC3)n2C[C@H](O)COc2ccccc2)n(C)c1=O. The fourth-order valence-electron chi connectivity index (χ4n) is 3.77. The van der Waals surface area contributed by atoms with Gasteiger partial charge in [-0.2, -0.15) is 4.98 Å². The number of quaternary nitrogens is 1. The first kappa shape index (κ1) is 20.2. The van der Waals surface area contributed by atoms with E-state index >= 15 is 0 Å². The fraction of sp³-hybridized carbons (Fsp3) is 0.450. The molecule has 3 N–H and O–H groups in total. The molecule has 1 atom stereocenters.